The van der Waals surface area contributed by atoms with Gasteiger partial charge in [0.1, 0.15) is 0 Å². The molecule has 0 rings (SSSR count). The smallest absolute Gasteiger partial charge is 0.0621 e. The van der Waals surface area contributed by atoms with Gasteiger partial charge in [0.2, 0.25) is 0 Å². The van der Waals surface area contributed by atoms with Crippen LogP contribution in [-0.4, -0.2) is 0 Å². The van der Waals surface area contributed by atoms with Crippen LogP contribution in [0, 0.1) is 17.2 Å². The number of nitrogens with zero attached hydrogens (tertiary/aromatic N) is 1. The molecule has 0 fully saturated rings. The second-order valence-corrected chi connectivity index (χ2v) is 4.71. The third kappa shape index (κ3) is 11.4. The highest BCUT2D eigenvalue weighted by Gasteiger charge is 2.01. The van der Waals surface area contributed by atoms with E-state index >= 15 is 0 Å². The minimum Gasteiger partial charge on any atom is -0.198 e. The molecule has 0 aliphatic rings. The summed E-state index contributed by atoms with van der Waals surface area (Å²) in [6.07, 6.45) is 12.7. The van der Waals surface area contributed by atoms with Crippen molar-refractivity contribution in [1.82, 2.24) is 0 Å². The van der Waals surface area contributed by atoms with Crippen LogP contribution in [0.1, 0.15) is 78.1 Å². The van der Waals surface area contributed by atoms with Gasteiger partial charge in [-0.1, -0.05) is 65.2 Å². The van der Waals surface area contributed by atoms with Crippen molar-refractivity contribution in [2.45, 2.75) is 78.1 Å². The van der Waals surface area contributed by atoms with Crippen molar-refractivity contribution < 1.29 is 0 Å². The third-order valence-electron chi connectivity index (χ3n) is 3.04. The van der Waals surface area contributed by atoms with Gasteiger partial charge < -0.3 is 0 Å². The Morgan fingerprint density at radius 2 is 1.53 bits per heavy atom. The van der Waals surface area contributed by atoms with E-state index in [-0.39, 0.29) is 0 Å². The summed E-state index contributed by atoms with van der Waals surface area (Å²) in [5, 5.41) is 8.39. The van der Waals surface area contributed by atoms with E-state index in [2.05, 4.69) is 19.9 Å². The van der Waals surface area contributed by atoms with Gasteiger partial charge in [-0.3, -0.25) is 0 Å². The summed E-state index contributed by atoms with van der Waals surface area (Å²) in [5.41, 5.74) is 0. The van der Waals surface area contributed by atoms with Gasteiger partial charge in [0.05, 0.1) is 6.07 Å². The summed E-state index contributed by atoms with van der Waals surface area (Å²) in [6, 6.07) is 2.20. The zero-order chi connectivity index (χ0) is 11.4. The molecule has 0 aromatic carbocycles. The fraction of sp³-hybridized carbons (Fsp3) is 0.929. The number of unbranched alkanes of at least 4 members (excludes halogenated alkanes) is 6. The Labute approximate surface area is 95.9 Å². The van der Waals surface area contributed by atoms with Gasteiger partial charge >= 0.3 is 0 Å². The zero-order valence-electron chi connectivity index (χ0n) is 10.6. The standard InChI is InChI=1S/C14H27N/c1-3-4-5-8-11-14(2)12-9-6-7-10-13-15/h14H,3-12H2,1-2H3. The molecule has 0 saturated carbocycles. The first-order chi connectivity index (χ1) is 7.31. The Kier molecular flexibility index (Phi) is 11.2. The number of nitriles is 1. The second kappa shape index (κ2) is 11.6. The molecule has 0 aliphatic carbocycles. The highest BCUT2D eigenvalue weighted by atomic mass is 14.2. The fourth-order valence-corrected chi connectivity index (χ4v) is 1.94. The van der Waals surface area contributed by atoms with Gasteiger partial charge in [0.25, 0.3) is 0 Å². The predicted octanol–water partition coefficient (Wildman–Crippen LogP) is 5.07. The van der Waals surface area contributed by atoms with Crippen molar-refractivity contribution >= 4 is 0 Å². The summed E-state index contributed by atoms with van der Waals surface area (Å²) >= 11 is 0. The lowest BCUT2D eigenvalue weighted by Gasteiger charge is -2.10. The van der Waals surface area contributed by atoms with Crippen LogP contribution in [0.25, 0.3) is 0 Å². The van der Waals surface area contributed by atoms with Crippen LogP contribution in [0.3, 0.4) is 0 Å². The fourth-order valence-electron chi connectivity index (χ4n) is 1.94. The Morgan fingerprint density at radius 3 is 2.07 bits per heavy atom. The maximum Gasteiger partial charge on any atom is 0.0621 e. The van der Waals surface area contributed by atoms with Crippen molar-refractivity contribution in [2.24, 2.45) is 5.92 Å². The van der Waals surface area contributed by atoms with Crippen molar-refractivity contribution in [3.05, 3.63) is 0 Å². The monoisotopic (exact) mass is 209 g/mol. The molecule has 0 amide bonds. The molecule has 0 aromatic rings. The van der Waals surface area contributed by atoms with Crippen LogP contribution in [0.15, 0.2) is 0 Å². The summed E-state index contributed by atoms with van der Waals surface area (Å²) in [4.78, 5) is 0. The summed E-state index contributed by atoms with van der Waals surface area (Å²) in [5.74, 6) is 0.893. The highest BCUT2D eigenvalue weighted by molar-refractivity contribution is 4.68. The molecule has 15 heavy (non-hydrogen) atoms. The third-order valence-corrected chi connectivity index (χ3v) is 3.04. The van der Waals surface area contributed by atoms with Crippen LogP contribution in [-0.2, 0) is 0 Å². The van der Waals surface area contributed by atoms with Crippen molar-refractivity contribution in [3.63, 3.8) is 0 Å². The molecule has 1 heteroatoms. The molecule has 1 nitrogen and oxygen atoms in total. The van der Waals surface area contributed by atoms with E-state index in [1.165, 1.54) is 51.4 Å². The van der Waals surface area contributed by atoms with Gasteiger partial charge in [0.15, 0.2) is 0 Å². The van der Waals surface area contributed by atoms with Crippen molar-refractivity contribution in [3.8, 4) is 6.07 Å². The molecule has 0 aliphatic heterocycles. The summed E-state index contributed by atoms with van der Waals surface area (Å²) in [6.45, 7) is 4.63. The Balaban J connectivity index is 3.12. The Bertz CT molecular complexity index is 157. The maximum atomic E-state index is 8.39. The molecule has 1 atom stereocenters. The normalized spacial score (nSPS) is 12.3. The number of rotatable bonds is 10. The first kappa shape index (κ1) is 14.5. The van der Waals surface area contributed by atoms with Gasteiger partial charge in [-0.05, 0) is 12.3 Å². The average molecular weight is 209 g/mol. The summed E-state index contributed by atoms with van der Waals surface area (Å²) in [7, 11) is 0. The lowest BCUT2D eigenvalue weighted by atomic mass is 9.96. The molecule has 0 heterocycles. The number of hydrogen-bond acceptors (Lipinski definition) is 1. The molecular weight excluding hydrogens is 182 g/mol. The average Bonchev–Trinajstić information content (AvgIpc) is 2.24. The van der Waals surface area contributed by atoms with Crippen molar-refractivity contribution in [1.29, 1.82) is 5.26 Å². The van der Waals surface area contributed by atoms with Crippen LogP contribution >= 0.6 is 0 Å². The molecule has 0 saturated heterocycles. The van der Waals surface area contributed by atoms with Gasteiger partial charge in [-0.15, -0.1) is 0 Å². The molecule has 0 radical (unpaired) electrons. The SMILES string of the molecule is CCCCCCC(C)CCCCCC#N. The highest BCUT2D eigenvalue weighted by Crippen LogP contribution is 2.17. The molecule has 0 spiro atoms. The second-order valence-electron chi connectivity index (χ2n) is 4.71. The molecule has 0 bridgehead atoms. The van der Waals surface area contributed by atoms with Crippen molar-refractivity contribution in [2.75, 3.05) is 0 Å². The van der Waals surface area contributed by atoms with Gasteiger partial charge in [-0.2, -0.15) is 5.26 Å². The quantitative estimate of drug-likeness (QED) is 0.461. The molecular formula is C14H27N. The van der Waals surface area contributed by atoms with Crippen LogP contribution in [0.2, 0.25) is 0 Å². The van der Waals surface area contributed by atoms with Crippen LogP contribution < -0.4 is 0 Å². The molecule has 88 valence electrons. The number of hydrogen-bond donors (Lipinski definition) is 0. The van der Waals surface area contributed by atoms with E-state index in [0.29, 0.717) is 0 Å². The topological polar surface area (TPSA) is 23.8 Å². The van der Waals surface area contributed by atoms with E-state index in [4.69, 9.17) is 5.26 Å². The maximum absolute atomic E-state index is 8.39. The first-order valence-electron chi connectivity index (χ1n) is 6.68. The van der Waals surface area contributed by atoms with E-state index in [9.17, 15) is 0 Å². The first-order valence-corrected chi connectivity index (χ1v) is 6.68. The lowest BCUT2D eigenvalue weighted by Crippen LogP contribution is -1.94. The lowest BCUT2D eigenvalue weighted by molar-refractivity contribution is 0.438. The predicted molar refractivity (Wildman–Crippen MR) is 66.6 cm³/mol. The minimum atomic E-state index is 0.741. The molecule has 0 N–H and O–H groups in total. The minimum absolute atomic E-state index is 0.741. The Morgan fingerprint density at radius 1 is 0.933 bits per heavy atom. The largest absolute Gasteiger partial charge is 0.198 e. The van der Waals surface area contributed by atoms with E-state index in [0.717, 1.165) is 18.8 Å². The van der Waals surface area contributed by atoms with E-state index in [1.807, 2.05) is 0 Å². The summed E-state index contributed by atoms with van der Waals surface area (Å²) < 4.78 is 0. The van der Waals surface area contributed by atoms with E-state index < -0.39 is 0 Å². The Hall–Kier alpha value is -0.510. The van der Waals surface area contributed by atoms with Gasteiger partial charge in [0, 0.05) is 6.42 Å². The van der Waals surface area contributed by atoms with Gasteiger partial charge in [-0.25, -0.2) is 0 Å². The zero-order valence-corrected chi connectivity index (χ0v) is 10.6. The molecule has 0 aromatic heterocycles. The van der Waals surface area contributed by atoms with E-state index in [1.54, 1.807) is 0 Å². The van der Waals surface area contributed by atoms with Crippen LogP contribution in [0.4, 0.5) is 0 Å². The molecule has 1 unspecified atom stereocenters. The van der Waals surface area contributed by atoms with Crippen LogP contribution in [0.5, 0.6) is 0 Å².